The summed E-state index contributed by atoms with van der Waals surface area (Å²) in [6, 6.07) is 0. The van der Waals surface area contributed by atoms with Crippen molar-refractivity contribution in [3.8, 4) is 0 Å². The molecule has 0 radical (unpaired) electrons. The predicted octanol–water partition coefficient (Wildman–Crippen LogP) is 2.27. The number of thiol groups is 1. The van der Waals surface area contributed by atoms with E-state index in [0.29, 0.717) is 17.0 Å². The van der Waals surface area contributed by atoms with Gasteiger partial charge in [-0.15, -0.1) is 0 Å². The number of carboxylic acids is 1. The quantitative estimate of drug-likeness (QED) is 0.672. The van der Waals surface area contributed by atoms with Gasteiger partial charge in [0.2, 0.25) is 0 Å². The van der Waals surface area contributed by atoms with Gasteiger partial charge in [0.15, 0.2) is 0 Å². The summed E-state index contributed by atoms with van der Waals surface area (Å²) in [6.07, 6.45) is 3.72. The van der Waals surface area contributed by atoms with Crippen molar-refractivity contribution in [3.05, 3.63) is 28.6 Å². The lowest BCUT2D eigenvalue weighted by Gasteiger charge is -1.93. The van der Waals surface area contributed by atoms with Crippen LogP contribution in [0.5, 0.6) is 0 Å². The Morgan fingerprint density at radius 3 is 2.64 bits per heavy atom. The smallest absolute Gasteiger partial charge is 0.337 e. The van der Waals surface area contributed by atoms with Crippen LogP contribution in [0.1, 0.15) is 27.3 Å². The van der Waals surface area contributed by atoms with Crippen LogP contribution in [-0.4, -0.2) is 21.8 Å². The standard InChI is InChI=1S/C10H13NO2S/c1-6-8(4-3-5-14)11-7(2)9(6)10(12)13/h3-4,11,14H,5H2,1-2H3,(H,12,13). The molecule has 0 aromatic carbocycles. The molecular weight excluding hydrogens is 198 g/mol. The molecule has 1 rings (SSSR count). The first-order valence-electron chi connectivity index (χ1n) is 4.27. The van der Waals surface area contributed by atoms with E-state index in [9.17, 15) is 4.79 Å². The van der Waals surface area contributed by atoms with Gasteiger partial charge in [-0.1, -0.05) is 6.08 Å². The summed E-state index contributed by atoms with van der Waals surface area (Å²) in [7, 11) is 0. The molecule has 76 valence electrons. The van der Waals surface area contributed by atoms with E-state index in [1.807, 2.05) is 12.2 Å². The Balaban J connectivity index is 3.17. The van der Waals surface area contributed by atoms with Crippen molar-refractivity contribution in [3.63, 3.8) is 0 Å². The first kappa shape index (κ1) is 10.9. The third-order valence-electron chi connectivity index (χ3n) is 2.08. The molecule has 0 aliphatic carbocycles. The number of nitrogens with one attached hydrogen (secondary N) is 1. The van der Waals surface area contributed by atoms with Crippen molar-refractivity contribution in [1.82, 2.24) is 4.98 Å². The van der Waals surface area contributed by atoms with Gasteiger partial charge in [0.05, 0.1) is 5.56 Å². The highest BCUT2D eigenvalue weighted by Crippen LogP contribution is 2.18. The van der Waals surface area contributed by atoms with Crippen LogP contribution >= 0.6 is 12.6 Å². The number of hydrogen-bond donors (Lipinski definition) is 3. The Kier molecular flexibility index (Phi) is 3.41. The summed E-state index contributed by atoms with van der Waals surface area (Å²) in [5, 5.41) is 8.93. The average Bonchev–Trinajstić information content (AvgIpc) is 2.38. The van der Waals surface area contributed by atoms with Gasteiger partial charge < -0.3 is 10.1 Å². The second kappa shape index (κ2) is 4.37. The fraction of sp³-hybridized carbons (Fsp3) is 0.300. The number of carboxylic acid groups (broad SMARTS) is 1. The average molecular weight is 211 g/mol. The molecule has 1 heterocycles. The van der Waals surface area contributed by atoms with Crippen LogP contribution in [0.15, 0.2) is 6.08 Å². The number of aromatic nitrogens is 1. The van der Waals surface area contributed by atoms with E-state index >= 15 is 0 Å². The molecule has 0 aliphatic heterocycles. The van der Waals surface area contributed by atoms with Crippen LogP contribution in [0, 0.1) is 13.8 Å². The van der Waals surface area contributed by atoms with Crippen LogP contribution < -0.4 is 0 Å². The van der Waals surface area contributed by atoms with Crippen molar-refractivity contribution >= 4 is 24.7 Å². The van der Waals surface area contributed by atoms with Crippen LogP contribution in [-0.2, 0) is 0 Å². The number of aryl methyl sites for hydroxylation is 1. The molecule has 1 aromatic rings. The van der Waals surface area contributed by atoms with E-state index < -0.39 is 5.97 Å². The molecule has 0 amide bonds. The van der Waals surface area contributed by atoms with Gasteiger partial charge in [0.25, 0.3) is 0 Å². The maximum absolute atomic E-state index is 10.9. The number of aromatic amines is 1. The minimum absolute atomic E-state index is 0.365. The molecule has 2 N–H and O–H groups in total. The Hall–Kier alpha value is -1.16. The maximum Gasteiger partial charge on any atom is 0.337 e. The molecule has 0 saturated carbocycles. The van der Waals surface area contributed by atoms with Gasteiger partial charge in [0, 0.05) is 17.1 Å². The van der Waals surface area contributed by atoms with Gasteiger partial charge in [0.1, 0.15) is 0 Å². The SMILES string of the molecule is Cc1[nH]c(C=CCS)c(C)c1C(=O)O. The molecule has 0 saturated heterocycles. The lowest BCUT2D eigenvalue weighted by molar-refractivity contribution is 0.0695. The van der Waals surface area contributed by atoms with Crippen LogP contribution in [0.4, 0.5) is 0 Å². The summed E-state index contributed by atoms with van der Waals surface area (Å²) in [4.78, 5) is 13.9. The minimum atomic E-state index is -0.887. The van der Waals surface area contributed by atoms with E-state index in [1.54, 1.807) is 13.8 Å². The Bertz CT molecular complexity index is 380. The van der Waals surface area contributed by atoms with E-state index in [0.717, 1.165) is 11.3 Å². The summed E-state index contributed by atoms with van der Waals surface area (Å²) >= 11 is 4.04. The number of rotatable bonds is 3. The van der Waals surface area contributed by atoms with E-state index in [4.69, 9.17) is 5.11 Å². The number of hydrogen-bond acceptors (Lipinski definition) is 2. The third kappa shape index (κ3) is 2.01. The molecular formula is C10H13NO2S. The molecule has 3 nitrogen and oxygen atoms in total. The molecule has 4 heteroatoms. The number of aromatic carboxylic acids is 1. The summed E-state index contributed by atoms with van der Waals surface area (Å²) in [6.45, 7) is 3.56. The molecule has 0 unspecified atom stereocenters. The molecule has 1 aromatic heterocycles. The third-order valence-corrected chi connectivity index (χ3v) is 2.29. The van der Waals surface area contributed by atoms with Crippen LogP contribution in [0.3, 0.4) is 0 Å². The lowest BCUT2D eigenvalue weighted by atomic mass is 10.1. The zero-order chi connectivity index (χ0) is 10.7. The largest absolute Gasteiger partial charge is 0.478 e. The first-order valence-corrected chi connectivity index (χ1v) is 4.91. The van der Waals surface area contributed by atoms with Crippen molar-refractivity contribution in [2.24, 2.45) is 0 Å². The van der Waals surface area contributed by atoms with Gasteiger partial charge in [-0.25, -0.2) is 4.79 Å². The highest BCUT2D eigenvalue weighted by Gasteiger charge is 2.15. The second-order valence-corrected chi connectivity index (χ2v) is 3.42. The molecule has 14 heavy (non-hydrogen) atoms. The van der Waals surface area contributed by atoms with Gasteiger partial charge in [-0.3, -0.25) is 0 Å². The van der Waals surface area contributed by atoms with E-state index in [-0.39, 0.29) is 0 Å². The molecule has 0 bridgehead atoms. The zero-order valence-electron chi connectivity index (χ0n) is 8.16. The van der Waals surface area contributed by atoms with Crippen molar-refractivity contribution in [2.75, 3.05) is 5.75 Å². The highest BCUT2D eigenvalue weighted by molar-refractivity contribution is 7.80. The Labute approximate surface area is 88.3 Å². The fourth-order valence-corrected chi connectivity index (χ4v) is 1.54. The summed E-state index contributed by atoms with van der Waals surface area (Å²) in [5.41, 5.74) is 2.67. The van der Waals surface area contributed by atoms with E-state index in [2.05, 4.69) is 17.6 Å². The molecule has 0 fully saturated rings. The van der Waals surface area contributed by atoms with Crippen molar-refractivity contribution < 1.29 is 9.90 Å². The van der Waals surface area contributed by atoms with Crippen molar-refractivity contribution in [2.45, 2.75) is 13.8 Å². The lowest BCUT2D eigenvalue weighted by Crippen LogP contribution is -1.98. The monoisotopic (exact) mass is 211 g/mol. The van der Waals surface area contributed by atoms with Crippen molar-refractivity contribution in [1.29, 1.82) is 0 Å². The zero-order valence-corrected chi connectivity index (χ0v) is 9.06. The summed E-state index contributed by atoms with van der Waals surface area (Å²) < 4.78 is 0. The number of carbonyl (C=O) groups is 1. The summed E-state index contributed by atoms with van der Waals surface area (Å²) in [5.74, 6) is -0.248. The molecule has 0 atom stereocenters. The van der Waals surface area contributed by atoms with Gasteiger partial charge >= 0.3 is 5.97 Å². The van der Waals surface area contributed by atoms with E-state index in [1.165, 1.54) is 0 Å². The minimum Gasteiger partial charge on any atom is -0.478 e. The Morgan fingerprint density at radius 1 is 1.57 bits per heavy atom. The predicted molar refractivity (Wildman–Crippen MR) is 60.1 cm³/mol. The second-order valence-electron chi connectivity index (χ2n) is 3.05. The molecule has 0 aliphatic rings. The highest BCUT2D eigenvalue weighted by atomic mass is 32.1. The number of H-pyrrole nitrogens is 1. The normalized spacial score (nSPS) is 11.1. The topological polar surface area (TPSA) is 53.1 Å². The molecule has 0 spiro atoms. The van der Waals surface area contributed by atoms with Crippen LogP contribution in [0.25, 0.3) is 6.08 Å². The first-order chi connectivity index (χ1) is 6.57. The fourth-order valence-electron chi connectivity index (χ4n) is 1.43. The Morgan fingerprint density at radius 2 is 2.21 bits per heavy atom. The van der Waals surface area contributed by atoms with Gasteiger partial charge in [-0.05, 0) is 25.5 Å². The maximum atomic E-state index is 10.9. The van der Waals surface area contributed by atoms with Crippen LogP contribution in [0.2, 0.25) is 0 Å². The van der Waals surface area contributed by atoms with Gasteiger partial charge in [-0.2, -0.15) is 12.6 Å².